The van der Waals surface area contributed by atoms with Crippen molar-refractivity contribution in [2.45, 2.75) is 0 Å². The number of aromatic nitrogens is 3. The zero-order valence-corrected chi connectivity index (χ0v) is 9.71. The van der Waals surface area contributed by atoms with E-state index in [1.54, 1.807) is 17.8 Å². The lowest BCUT2D eigenvalue weighted by atomic mass is 10.1. The Labute approximate surface area is 103 Å². The molecule has 5 heteroatoms. The molecular weight excluding hydrogens is 230 g/mol. The Bertz CT molecular complexity index is 740. The first-order valence-corrected chi connectivity index (χ1v) is 5.50. The SMILES string of the molecule is Cn1nc(C(=O)O)cc1-c1cccc2cc[nH]c12. The molecule has 3 rings (SSSR count). The Morgan fingerprint density at radius 2 is 2.22 bits per heavy atom. The maximum Gasteiger partial charge on any atom is 0.356 e. The average Bonchev–Trinajstić information content (AvgIpc) is 2.94. The molecule has 2 heterocycles. The number of hydrogen-bond donors (Lipinski definition) is 2. The van der Waals surface area contributed by atoms with Gasteiger partial charge < -0.3 is 10.1 Å². The van der Waals surface area contributed by atoms with Gasteiger partial charge in [-0.25, -0.2) is 4.79 Å². The molecule has 0 aliphatic carbocycles. The standard InChI is InChI=1S/C13H11N3O2/c1-16-11(7-10(15-16)13(17)18)9-4-2-3-8-5-6-14-12(8)9/h2-7,14H,1H3,(H,17,18). The van der Waals surface area contributed by atoms with E-state index in [2.05, 4.69) is 10.1 Å². The number of carboxylic acids is 1. The minimum atomic E-state index is -1.02. The molecule has 1 aromatic carbocycles. The highest BCUT2D eigenvalue weighted by atomic mass is 16.4. The van der Waals surface area contributed by atoms with Gasteiger partial charge in [-0.1, -0.05) is 18.2 Å². The Morgan fingerprint density at radius 1 is 1.39 bits per heavy atom. The molecule has 0 unspecified atom stereocenters. The van der Waals surface area contributed by atoms with Gasteiger partial charge in [0.1, 0.15) is 0 Å². The highest BCUT2D eigenvalue weighted by Gasteiger charge is 2.14. The van der Waals surface area contributed by atoms with Gasteiger partial charge >= 0.3 is 5.97 Å². The number of hydrogen-bond acceptors (Lipinski definition) is 2. The topological polar surface area (TPSA) is 70.9 Å². The largest absolute Gasteiger partial charge is 0.476 e. The summed E-state index contributed by atoms with van der Waals surface area (Å²) in [7, 11) is 1.74. The number of para-hydroxylation sites is 1. The fourth-order valence-corrected chi connectivity index (χ4v) is 2.12. The maximum atomic E-state index is 10.9. The van der Waals surface area contributed by atoms with Crippen molar-refractivity contribution in [3.8, 4) is 11.3 Å². The predicted molar refractivity (Wildman–Crippen MR) is 67.5 cm³/mol. The van der Waals surface area contributed by atoms with E-state index in [-0.39, 0.29) is 5.69 Å². The summed E-state index contributed by atoms with van der Waals surface area (Å²) < 4.78 is 1.58. The molecule has 2 aromatic heterocycles. The second kappa shape index (κ2) is 3.73. The van der Waals surface area contributed by atoms with Crippen LogP contribution in [0.4, 0.5) is 0 Å². The van der Waals surface area contributed by atoms with Crippen molar-refractivity contribution in [1.29, 1.82) is 0 Å². The molecule has 0 spiro atoms. The lowest BCUT2D eigenvalue weighted by Crippen LogP contribution is -1.99. The Balaban J connectivity index is 2.26. The number of aryl methyl sites for hydroxylation is 1. The lowest BCUT2D eigenvalue weighted by Gasteiger charge is -2.03. The maximum absolute atomic E-state index is 10.9. The summed E-state index contributed by atoms with van der Waals surface area (Å²) in [6, 6.07) is 9.45. The summed E-state index contributed by atoms with van der Waals surface area (Å²) >= 11 is 0. The second-order valence-corrected chi connectivity index (χ2v) is 4.09. The average molecular weight is 241 g/mol. The fourth-order valence-electron chi connectivity index (χ4n) is 2.12. The molecule has 0 fully saturated rings. The van der Waals surface area contributed by atoms with Gasteiger partial charge in [-0.15, -0.1) is 0 Å². The molecule has 3 aromatic rings. The first-order valence-electron chi connectivity index (χ1n) is 5.50. The van der Waals surface area contributed by atoms with E-state index >= 15 is 0 Å². The van der Waals surface area contributed by atoms with Crippen LogP contribution in [0.1, 0.15) is 10.5 Å². The van der Waals surface area contributed by atoms with E-state index in [1.807, 2.05) is 30.5 Å². The third-order valence-electron chi connectivity index (χ3n) is 2.96. The first kappa shape index (κ1) is 10.6. The van der Waals surface area contributed by atoms with Crippen LogP contribution in [0.5, 0.6) is 0 Å². The molecule has 0 saturated carbocycles. The van der Waals surface area contributed by atoms with Crippen molar-refractivity contribution in [3.05, 3.63) is 42.2 Å². The van der Waals surface area contributed by atoms with Crippen LogP contribution in [-0.4, -0.2) is 25.8 Å². The van der Waals surface area contributed by atoms with E-state index < -0.39 is 5.97 Å². The van der Waals surface area contributed by atoms with Crippen LogP contribution < -0.4 is 0 Å². The van der Waals surface area contributed by atoms with Crippen molar-refractivity contribution in [2.75, 3.05) is 0 Å². The number of H-pyrrole nitrogens is 1. The number of rotatable bonds is 2. The van der Waals surface area contributed by atoms with Gasteiger partial charge in [-0.2, -0.15) is 5.10 Å². The number of nitrogens with zero attached hydrogens (tertiary/aromatic N) is 2. The zero-order valence-electron chi connectivity index (χ0n) is 9.71. The third-order valence-corrected chi connectivity index (χ3v) is 2.96. The van der Waals surface area contributed by atoms with Crippen LogP contribution in [0.25, 0.3) is 22.2 Å². The van der Waals surface area contributed by atoms with Crippen molar-refractivity contribution in [2.24, 2.45) is 7.05 Å². The smallest absolute Gasteiger partial charge is 0.356 e. The molecule has 0 saturated heterocycles. The summed E-state index contributed by atoms with van der Waals surface area (Å²) in [6.07, 6.45) is 1.86. The molecular formula is C13H11N3O2. The summed E-state index contributed by atoms with van der Waals surface area (Å²) in [6.45, 7) is 0. The Morgan fingerprint density at radius 3 is 2.94 bits per heavy atom. The van der Waals surface area contributed by atoms with Crippen molar-refractivity contribution in [3.63, 3.8) is 0 Å². The van der Waals surface area contributed by atoms with Gasteiger partial charge in [-0.3, -0.25) is 4.68 Å². The van der Waals surface area contributed by atoms with E-state index in [0.29, 0.717) is 0 Å². The van der Waals surface area contributed by atoms with Gasteiger partial charge in [0.05, 0.1) is 11.2 Å². The monoisotopic (exact) mass is 241 g/mol. The third kappa shape index (κ3) is 1.48. The minimum Gasteiger partial charge on any atom is -0.476 e. The van der Waals surface area contributed by atoms with Gasteiger partial charge in [0.2, 0.25) is 0 Å². The minimum absolute atomic E-state index is 0.0519. The lowest BCUT2D eigenvalue weighted by molar-refractivity contribution is 0.0689. The fraction of sp³-hybridized carbons (Fsp3) is 0.0769. The van der Waals surface area contributed by atoms with Crippen LogP contribution >= 0.6 is 0 Å². The molecule has 0 amide bonds. The van der Waals surface area contributed by atoms with E-state index in [4.69, 9.17) is 5.11 Å². The Kier molecular flexibility index (Phi) is 2.19. The van der Waals surface area contributed by atoms with Crippen molar-refractivity contribution < 1.29 is 9.90 Å². The second-order valence-electron chi connectivity index (χ2n) is 4.09. The van der Waals surface area contributed by atoms with Gasteiger partial charge in [-0.05, 0) is 12.1 Å². The van der Waals surface area contributed by atoms with Crippen LogP contribution in [0.3, 0.4) is 0 Å². The van der Waals surface area contributed by atoms with E-state index in [9.17, 15) is 4.79 Å². The predicted octanol–water partition coefficient (Wildman–Crippen LogP) is 2.27. The van der Waals surface area contributed by atoms with Crippen LogP contribution in [0.2, 0.25) is 0 Å². The van der Waals surface area contributed by atoms with Gasteiger partial charge in [0, 0.05) is 24.2 Å². The summed E-state index contributed by atoms with van der Waals surface area (Å²) in [4.78, 5) is 14.1. The van der Waals surface area contributed by atoms with E-state index in [1.165, 1.54) is 0 Å². The molecule has 90 valence electrons. The molecule has 0 atom stereocenters. The van der Waals surface area contributed by atoms with Crippen LogP contribution in [0, 0.1) is 0 Å². The molecule has 0 bridgehead atoms. The quantitative estimate of drug-likeness (QED) is 0.723. The summed E-state index contributed by atoms with van der Waals surface area (Å²) in [5, 5.41) is 14.0. The number of fused-ring (bicyclic) bond motifs is 1. The van der Waals surface area contributed by atoms with Crippen LogP contribution in [-0.2, 0) is 7.05 Å². The first-order chi connectivity index (χ1) is 8.66. The molecule has 5 nitrogen and oxygen atoms in total. The molecule has 0 aliphatic heterocycles. The van der Waals surface area contributed by atoms with Crippen molar-refractivity contribution >= 4 is 16.9 Å². The number of nitrogens with one attached hydrogen (secondary N) is 1. The van der Waals surface area contributed by atoms with Gasteiger partial charge in [0.15, 0.2) is 5.69 Å². The van der Waals surface area contributed by atoms with Crippen LogP contribution in [0.15, 0.2) is 36.5 Å². The molecule has 18 heavy (non-hydrogen) atoms. The Hall–Kier alpha value is -2.56. The number of carbonyl (C=O) groups is 1. The number of carboxylic acid groups (broad SMARTS) is 1. The van der Waals surface area contributed by atoms with E-state index in [0.717, 1.165) is 22.2 Å². The normalized spacial score (nSPS) is 10.9. The van der Waals surface area contributed by atoms with Crippen molar-refractivity contribution in [1.82, 2.24) is 14.8 Å². The molecule has 0 aliphatic rings. The number of aromatic carboxylic acids is 1. The molecule has 0 radical (unpaired) electrons. The summed E-state index contributed by atoms with van der Waals surface area (Å²) in [5.74, 6) is -1.02. The molecule has 2 N–H and O–H groups in total. The number of benzene rings is 1. The van der Waals surface area contributed by atoms with Gasteiger partial charge in [0.25, 0.3) is 0 Å². The summed E-state index contributed by atoms with van der Waals surface area (Å²) in [5.41, 5.74) is 2.76. The number of aromatic amines is 1. The highest BCUT2D eigenvalue weighted by molar-refractivity contribution is 5.95. The highest BCUT2D eigenvalue weighted by Crippen LogP contribution is 2.27. The zero-order chi connectivity index (χ0) is 12.7.